The Morgan fingerprint density at radius 1 is 0.575 bits per heavy atom. The molecule has 0 aliphatic carbocycles. The smallest absolute Gasteiger partial charge is 0.200 e. The molecule has 0 aliphatic rings. The van der Waals surface area contributed by atoms with E-state index in [0.29, 0.717) is 19.6 Å². The topological polar surface area (TPSA) is 83.3 Å². The second-order valence-electron chi connectivity index (χ2n) is 9.43. The molecule has 0 fully saturated rings. The summed E-state index contributed by atoms with van der Waals surface area (Å²) in [7, 11) is 0. The molecule has 0 amide bonds. The lowest BCUT2D eigenvalue weighted by Crippen LogP contribution is -2.14. The molecule has 0 unspecified atom stereocenters. The average Bonchev–Trinajstić information content (AvgIpc) is 3.46. The van der Waals surface area contributed by atoms with Gasteiger partial charge in [0.1, 0.15) is 10.0 Å². The van der Waals surface area contributed by atoms with Gasteiger partial charge in [0.2, 0.25) is 9.60 Å². The van der Waals surface area contributed by atoms with E-state index in [-0.39, 0.29) is 34.0 Å². The van der Waals surface area contributed by atoms with Crippen molar-refractivity contribution in [2.24, 2.45) is 0 Å². The maximum atomic E-state index is 8.21. The van der Waals surface area contributed by atoms with Gasteiger partial charge in [0, 0.05) is 34.3 Å². The number of nitrogens with one attached hydrogen (secondary N) is 2. The fourth-order valence-electron chi connectivity index (χ4n) is 4.36. The Kier molecular flexibility index (Phi) is 16.0. The molecule has 0 bridgehead atoms. The van der Waals surface area contributed by atoms with Gasteiger partial charge in [0.15, 0.2) is 0 Å². The van der Waals surface area contributed by atoms with E-state index in [1.165, 1.54) is 74.0 Å². The van der Waals surface area contributed by atoms with Gasteiger partial charge in [-0.05, 0) is 37.1 Å². The number of aryl methyl sites for hydroxylation is 2. The summed E-state index contributed by atoms with van der Waals surface area (Å²) in [5.74, 6) is 0. The lowest BCUT2D eigenvalue weighted by molar-refractivity contribution is 0.494. The van der Waals surface area contributed by atoms with Crippen LogP contribution in [0.3, 0.4) is 0 Å². The minimum atomic E-state index is 0. The quantitative estimate of drug-likeness (QED) is 0.119. The van der Waals surface area contributed by atoms with Crippen molar-refractivity contribution < 1.29 is 0 Å². The summed E-state index contributed by atoms with van der Waals surface area (Å²) in [6.45, 7) is 1.60. The second kappa shape index (κ2) is 18.3. The van der Waals surface area contributed by atoms with Crippen LogP contribution in [-0.4, -0.2) is 19.6 Å². The normalized spacial score (nSPS) is 10.8. The molecule has 2 aromatic carbocycles. The molecular formula is C28H36Br2Cl2N6S2. The van der Waals surface area contributed by atoms with Gasteiger partial charge in [0.25, 0.3) is 0 Å². The summed E-state index contributed by atoms with van der Waals surface area (Å²) >= 11 is 15.0. The van der Waals surface area contributed by atoms with Gasteiger partial charge in [-0.1, -0.05) is 122 Å². The zero-order chi connectivity index (χ0) is 26.7. The van der Waals surface area contributed by atoms with Crippen LogP contribution in [0.15, 0.2) is 48.5 Å². The third kappa shape index (κ3) is 10.8. The van der Waals surface area contributed by atoms with Crippen LogP contribution in [0.25, 0.3) is 21.1 Å². The highest BCUT2D eigenvalue weighted by atomic mass is 79.9. The van der Waals surface area contributed by atoms with Crippen LogP contribution in [0.2, 0.25) is 10.0 Å². The molecule has 40 heavy (non-hydrogen) atoms. The SMILES string of the molecule is Br.Br.N=c1sc(-c2cccc(Cl)c2)nn1CCCCCCCCCCCCn1nc(-c2cccc(Cl)c2)sc1=N. The van der Waals surface area contributed by atoms with E-state index in [1.54, 1.807) is 0 Å². The molecule has 0 spiro atoms. The maximum Gasteiger partial charge on any atom is 0.200 e. The van der Waals surface area contributed by atoms with E-state index in [0.717, 1.165) is 47.1 Å². The van der Waals surface area contributed by atoms with Crippen LogP contribution < -0.4 is 9.60 Å². The molecule has 0 saturated carbocycles. The van der Waals surface area contributed by atoms with E-state index in [4.69, 9.17) is 34.0 Å². The zero-order valence-corrected chi connectivity index (χ0v) is 28.9. The van der Waals surface area contributed by atoms with E-state index in [1.807, 2.05) is 57.9 Å². The van der Waals surface area contributed by atoms with Crippen LogP contribution in [-0.2, 0) is 13.1 Å². The van der Waals surface area contributed by atoms with Gasteiger partial charge >= 0.3 is 0 Å². The van der Waals surface area contributed by atoms with E-state index in [9.17, 15) is 0 Å². The summed E-state index contributed by atoms with van der Waals surface area (Å²) in [5.41, 5.74) is 1.95. The number of halogens is 4. The Hall–Kier alpha value is -1.30. The van der Waals surface area contributed by atoms with Crippen molar-refractivity contribution >= 4 is 79.8 Å². The van der Waals surface area contributed by atoms with Crippen molar-refractivity contribution in [3.8, 4) is 21.1 Å². The molecule has 0 aliphatic heterocycles. The first-order chi connectivity index (χ1) is 18.5. The summed E-state index contributed by atoms with van der Waals surface area (Å²) in [5, 5.41) is 28.7. The highest BCUT2D eigenvalue weighted by Gasteiger charge is 2.08. The van der Waals surface area contributed by atoms with Crippen LogP contribution in [0.4, 0.5) is 0 Å². The number of hydrogen-bond acceptors (Lipinski definition) is 6. The van der Waals surface area contributed by atoms with Crippen LogP contribution >= 0.6 is 79.8 Å². The van der Waals surface area contributed by atoms with Crippen LogP contribution in [0, 0.1) is 10.8 Å². The highest BCUT2D eigenvalue weighted by molar-refractivity contribution is 8.93. The number of aromatic nitrogens is 4. The monoisotopic (exact) mass is 748 g/mol. The number of hydrogen-bond donors (Lipinski definition) is 2. The van der Waals surface area contributed by atoms with Crippen molar-refractivity contribution in [1.82, 2.24) is 19.6 Å². The van der Waals surface area contributed by atoms with Gasteiger partial charge in [0.05, 0.1) is 0 Å². The maximum absolute atomic E-state index is 8.21. The summed E-state index contributed by atoms with van der Waals surface area (Å²) in [4.78, 5) is 0.988. The molecule has 4 aromatic rings. The fourth-order valence-corrected chi connectivity index (χ4v) is 6.35. The van der Waals surface area contributed by atoms with Gasteiger partial charge in [-0.15, -0.1) is 34.0 Å². The first kappa shape index (κ1) is 34.9. The predicted octanol–water partition coefficient (Wildman–Crippen LogP) is 9.56. The molecule has 2 N–H and O–H groups in total. The van der Waals surface area contributed by atoms with Crippen molar-refractivity contribution in [2.45, 2.75) is 77.3 Å². The lowest BCUT2D eigenvalue weighted by atomic mass is 10.1. The molecule has 0 radical (unpaired) electrons. The van der Waals surface area contributed by atoms with Crippen molar-refractivity contribution in [3.05, 3.63) is 68.2 Å². The van der Waals surface area contributed by atoms with Gasteiger partial charge < -0.3 is 0 Å². The largest absolute Gasteiger partial charge is 0.274 e. The van der Waals surface area contributed by atoms with E-state index >= 15 is 0 Å². The highest BCUT2D eigenvalue weighted by Crippen LogP contribution is 2.24. The van der Waals surface area contributed by atoms with Crippen molar-refractivity contribution in [2.75, 3.05) is 0 Å². The number of rotatable bonds is 15. The Morgan fingerprint density at radius 2 is 0.925 bits per heavy atom. The zero-order valence-electron chi connectivity index (χ0n) is 22.3. The third-order valence-electron chi connectivity index (χ3n) is 6.41. The predicted molar refractivity (Wildman–Crippen MR) is 180 cm³/mol. The summed E-state index contributed by atoms with van der Waals surface area (Å²) < 4.78 is 3.62. The van der Waals surface area contributed by atoms with E-state index < -0.39 is 0 Å². The number of benzene rings is 2. The number of nitrogens with zero attached hydrogens (tertiary/aromatic N) is 4. The summed E-state index contributed by atoms with van der Waals surface area (Å²) in [6, 6.07) is 15.3. The van der Waals surface area contributed by atoms with Gasteiger partial charge in [-0.3, -0.25) is 10.8 Å². The Labute approximate surface area is 275 Å². The van der Waals surface area contributed by atoms with Crippen molar-refractivity contribution in [1.29, 1.82) is 10.8 Å². The van der Waals surface area contributed by atoms with E-state index in [2.05, 4.69) is 10.2 Å². The minimum absolute atomic E-state index is 0. The standard InChI is InChI=1S/C28H34Cl2N6S2.2BrH/c29-23-15-11-13-21(19-23)25-33-35(27(31)37-25)17-9-7-5-3-1-2-4-6-8-10-18-36-28(32)38-26(34-36)22-14-12-16-24(30)20-22;;/h11-16,19-20,31-32H,1-10,17-18H2;2*1H. The molecular weight excluding hydrogens is 715 g/mol. The van der Waals surface area contributed by atoms with Crippen LogP contribution in [0.1, 0.15) is 64.2 Å². The van der Waals surface area contributed by atoms with Gasteiger partial charge in [-0.2, -0.15) is 10.2 Å². The molecule has 2 aromatic heterocycles. The molecule has 4 rings (SSSR count). The first-order valence-electron chi connectivity index (χ1n) is 13.3. The fraction of sp³-hybridized carbons (Fsp3) is 0.429. The molecule has 12 heteroatoms. The average molecular weight is 751 g/mol. The Morgan fingerprint density at radius 3 is 1.27 bits per heavy atom. The van der Waals surface area contributed by atoms with Gasteiger partial charge in [-0.25, -0.2) is 9.36 Å². The minimum Gasteiger partial charge on any atom is -0.274 e. The molecule has 0 saturated heterocycles. The molecule has 218 valence electrons. The second-order valence-corrected chi connectivity index (χ2v) is 12.3. The first-order valence-corrected chi connectivity index (χ1v) is 15.7. The van der Waals surface area contributed by atoms with Crippen molar-refractivity contribution in [3.63, 3.8) is 0 Å². The summed E-state index contributed by atoms with van der Waals surface area (Å²) in [6.07, 6.45) is 12.0. The Balaban J connectivity index is 0.00000280. The van der Waals surface area contributed by atoms with Crippen LogP contribution in [0.5, 0.6) is 0 Å². The Bertz CT molecular complexity index is 1320. The number of unbranched alkanes of at least 4 members (excludes halogenated alkanes) is 9. The lowest BCUT2D eigenvalue weighted by Gasteiger charge is -2.04. The molecule has 6 nitrogen and oxygen atoms in total. The molecule has 0 atom stereocenters. The third-order valence-corrected chi connectivity index (χ3v) is 8.71. The molecule has 2 heterocycles.